The number of alkyl carbamates (subject to hydrolysis) is 1. The topological polar surface area (TPSA) is 51.2 Å². The summed E-state index contributed by atoms with van der Waals surface area (Å²) in [6.07, 6.45) is -10.8. The van der Waals surface area contributed by atoms with E-state index in [0.717, 1.165) is 0 Å². The SMILES string of the molecule is CC(C)(C)NC(=O)OCCCc1cc(C(F)(F)F)cc(C(F)(F)F)n1. The van der Waals surface area contributed by atoms with Crippen molar-refractivity contribution in [2.24, 2.45) is 0 Å². The highest BCUT2D eigenvalue weighted by molar-refractivity contribution is 5.67. The summed E-state index contributed by atoms with van der Waals surface area (Å²) in [4.78, 5) is 14.6. The maximum Gasteiger partial charge on any atom is 0.433 e. The van der Waals surface area contributed by atoms with Gasteiger partial charge in [0.2, 0.25) is 0 Å². The van der Waals surface area contributed by atoms with Crippen LogP contribution in [0.1, 0.15) is 44.1 Å². The lowest BCUT2D eigenvalue weighted by Crippen LogP contribution is -2.41. The average Bonchev–Trinajstić information content (AvgIpc) is 2.39. The van der Waals surface area contributed by atoms with E-state index in [4.69, 9.17) is 4.74 Å². The van der Waals surface area contributed by atoms with Gasteiger partial charge in [0.15, 0.2) is 0 Å². The number of halogens is 6. The van der Waals surface area contributed by atoms with E-state index in [9.17, 15) is 31.1 Å². The third-order valence-electron chi connectivity index (χ3n) is 2.78. The molecule has 0 saturated carbocycles. The summed E-state index contributed by atoms with van der Waals surface area (Å²) in [6, 6.07) is 0.529. The molecule has 0 aliphatic heterocycles. The van der Waals surface area contributed by atoms with Gasteiger partial charge in [0.1, 0.15) is 5.69 Å². The molecule has 10 heteroatoms. The van der Waals surface area contributed by atoms with Crippen LogP contribution in [-0.2, 0) is 23.5 Å². The standard InChI is InChI=1S/C15H18F6N2O2/c1-13(2,3)23-12(24)25-6-4-5-10-7-9(14(16,17)18)8-11(22-10)15(19,20)21/h7-8H,4-6H2,1-3H3,(H,23,24). The van der Waals surface area contributed by atoms with Gasteiger partial charge in [-0.15, -0.1) is 0 Å². The molecule has 0 aromatic carbocycles. The zero-order chi connectivity index (χ0) is 19.5. The average molecular weight is 372 g/mol. The molecule has 0 spiro atoms. The van der Waals surface area contributed by atoms with Crippen molar-refractivity contribution in [3.63, 3.8) is 0 Å². The van der Waals surface area contributed by atoms with Crippen LogP contribution >= 0.6 is 0 Å². The van der Waals surface area contributed by atoms with E-state index in [1.165, 1.54) is 0 Å². The van der Waals surface area contributed by atoms with Gasteiger partial charge in [0, 0.05) is 11.2 Å². The Kier molecular flexibility index (Phi) is 6.30. The lowest BCUT2D eigenvalue weighted by atomic mass is 10.1. The van der Waals surface area contributed by atoms with Crippen molar-refractivity contribution in [3.8, 4) is 0 Å². The molecule has 1 aromatic heterocycles. The Bertz CT molecular complexity index is 573. The minimum atomic E-state index is -4.99. The van der Waals surface area contributed by atoms with E-state index in [0.29, 0.717) is 6.07 Å². The van der Waals surface area contributed by atoms with E-state index in [2.05, 4.69) is 10.3 Å². The van der Waals surface area contributed by atoms with Crippen LogP contribution in [0.5, 0.6) is 0 Å². The highest BCUT2D eigenvalue weighted by Crippen LogP contribution is 2.34. The fourth-order valence-electron chi connectivity index (χ4n) is 1.79. The van der Waals surface area contributed by atoms with Crippen molar-refractivity contribution in [1.29, 1.82) is 0 Å². The first-order valence-electron chi connectivity index (χ1n) is 7.29. The molecule has 1 amide bonds. The molecule has 0 atom stereocenters. The minimum Gasteiger partial charge on any atom is -0.450 e. The van der Waals surface area contributed by atoms with Crippen molar-refractivity contribution in [2.45, 2.75) is 51.5 Å². The molecule has 142 valence electrons. The molecule has 25 heavy (non-hydrogen) atoms. The van der Waals surface area contributed by atoms with Crippen LogP contribution in [0.4, 0.5) is 31.1 Å². The Morgan fingerprint density at radius 1 is 1.08 bits per heavy atom. The smallest absolute Gasteiger partial charge is 0.433 e. The van der Waals surface area contributed by atoms with Crippen LogP contribution in [0.2, 0.25) is 0 Å². The van der Waals surface area contributed by atoms with Gasteiger partial charge in [-0.25, -0.2) is 9.78 Å². The van der Waals surface area contributed by atoms with E-state index in [1.54, 1.807) is 20.8 Å². The number of nitrogens with one attached hydrogen (secondary N) is 1. The van der Waals surface area contributed by atoms with Crippen molar-refractivity contribution >= 4 is 6.09 Å². The molecule has 0 aliphatic rings. The van der Waals surface area contributed by atoms with Crippen LogP contribution in [0.3, 0.4) is 0 Å². The van der Waals surface area contributed by atoms with Crippen molar-refractivity contribution < 1.29 is 35.9 Å². The van der Waals surface area contributed by atoms with Crippen LogP contribution in [0, 0.1) is 0 Å². The third kappa shape index (κ3) is 7.61. The summed E-state index contributed by atoms with van der Waals surface area (Å²) in [5.41, 5.74) is -3.93. The Balaban J connectivity index is 2.74. The number of rotatable bonds is 4. The van der Waals surface area contributed by atoms with E-state index < -0.39 is 35.2 Å². The Hall–Kier alpha value is -2.00. The second-order valence-electron chi connectivity index (χ2n) is 6.34. The summed E-state index contributed by atoms with van der Waals surface area (Å²) >= 11 is 0. The summed E-state index contributed by atoms with van der Waals surface area (Å²) < 4.78 is 81.0. The summed E-state index contributed by atoms with van der Waals surface area (Å²) in [7, 11) is 0. The van der Waals surface area contributed by atoms with Gasteiger partial charge < -0.3 is 10.1 Å². The van der Waals surface area contributed by atoms with E-state index in [-0.39, 0.29) is 31.2 Å². The van der Waals surface area contributed by atoms with Crippen LogP contribution < -0.4 is 5.32 Å². The molecule has 4 nitrogen and oxygen atoms in total. The number of hydrogen-bond donors (Lipinski definition) is 1. The first-order valence-corrected chi connectivity index (χ1v) is 7.29. The minimum absolute atomic E-state index is 0.0309. The van der Waals surface area contributed by atoms with Gasteiger partial charge in [0.05, 0.1) is 12.2 Å². The Labute approximate surface area is 140 Å². The number of aryl methyl sites for hydroxylation is 1. The molecular formula is C15H18F6N2O2. The molecular weight excluding hydrogens is 354 g/mol. The first kappa shape index (κ1) is 21.0. The number of alkyl halides is 6. The normalized spacial score (nSPS) is 12.8. The van der Waals surface area contributed by atoms with E-state index in [1.807, 2.05) is 0 Å². The first-order chi connectivity index (χ1) is 11.2. The Morgan fingerprint density at radius 2 is 1.68 bits per heavy atom. The molecule has 0 radical (unpaired) electrons. The van der Waals surface area contributed by atoms with Crippen LogP contribution in [0.15, 0.2) is 12.1 Å². The van der Waals surface area contributed by atoms with Crippen LogP contribution in [-0.4, -0.2) is 23.2 Å². The predicted molar refractivity (Wildman–Crippen MR) is 76.8 cm³/mol. The van der Waals surface area contributed by atoms with Crippen LogP contribution in [0.25, 0.3) is 0 Å². The molecule has 0 unspecified atom stereocenters. The summed E-state index contributed by atoms with van der Waals surface area (Å²) in [6.45, 7) is 5.00. The number of ether oxygens (including phenoxy) is 1. The van der Waals surface area contributed by atoms with Gasteiger partial charge in [-0.05, 0) is 45.7 Å². The molecule has 0 fully saturated rings. The maximum absolute atomic E-state index is 12.7. The largest absolute Gasteiger partial charge is 0.450 e. The zero-order valence-electron chi connectivity index (χ0n) is 13.8. The second-order valence-corrected chi connectivity index (χ2v) is 6.34. The number of carbonyl (C=O) groups is 1. The van der Waals surface area contributed by atoms with Gasteiger partial charge in [-0.1, -0.05) is 0 Å². The van der Waals surface area contributed by atoms with Crippen molar-refractivity contribution in [3.05, 3.63) is 29.1 Å². The van der Waals surface area contributed by atoms with Gasteiger partial charge in [-0.2, -0.15) is 26.3 Å². The number of pyridine rings is 1. The highest BCUT2D eigenvalue weighted by Gasteiger charge is 2.38. The van der Waals surface area contributed by atoms with E-state index >= 15 is 0 Å². The number of nitrogens with zero attached hydrogens (tertiary/aromatic N) is 1. The summed E-state index contributed by atoms with van der Waals surface area (Å²) in [5.74, 6) is 0. The quantitative estimate of drug-likeness (QED) is 0.622. The molecule has 1 N–H and O–H groups in total. The predicted octanol–water partition coefficient (Wildman–Crippen LogP) is 4.58. The summed E-state index contributed by atoms with van der Waals surface area (Å²) in [5, 5.41) is 2.50. The Morgan fingerprint density at radius 3 is 2.16 bits per heavy atom. The second kappa shape index (κ2) is 7.49. The van der Waals surface area contributed by atoms with Gasteiger partial charge in [-0.3, -0.25) is 0 Å². The monoisotopic (exact) mass is 372 g/mol. The molecule has 1 aromatic rings. The molecule has 0 aliphatic carbocycles. The number of hydrogen-bond acceptors (Lipinski definition) is 3. The molecule has 1 heterocycles. The molecule has 1 rings (SSSR count). The third-order valence-corrected chi connectivity index (χ3v) is 2.78. The maximum atomic E-state index is 12.7. The highest BCUT2D eigenvalue weighted by atomic mass is 19.4. The molecule has 0 saturated heterocycles. The zero-order valence-corrected chi connectivity index (χ0v) is 13.8. The number of amides is 1. The lowest BCUT2D eigenvalue weighted by molar-refractivity contribution is -0.145. The van der Waals surface area contributed by atoms with Crippen molar-refractivity contribution in [1.82, 2.24) is 10.3 Å². The molecule has 0 bridgehead atoms. The van der Waals surface area contributed by atoms with Gasteiger partial charge in [0.25, 0.3) is 0 Å². The van der Waals surface area contributed by atoms with Crippen molar-refractivity contribution in [2.75, 3.05) is 6.61 Å². The van der Waals surface area contributed by atoms with Gasteiger partial charge >= 0.3 is 18.4 Å². The number of carbonyl (C=O) groups excluding carboxylic acids is 1. The fraction of sp³-hybridized carbons (Fsp3) is 0.600. The lowest BCUT2D eigenvalue weighted by Gasteiger charge is -2.19. The fourth-order valence-corrected chi connectivity index (χ4v) is 1.79. The number of aromatic nitrogens is 1.